The van der Waals surface area contributed by atoms with E-state index in [9.17, 15) is 9.59 Å². The Morgan fingerprint density at radius 3 is 2.62 bits per heavy atom. The lowest BCUT2D eigenvalue weighted by Crippen LogP contribution is -2.19. The molecule has 0 bridgehead atoms. The van der Waals surface area contributed by atoms with Crippen LogP contribution in [0, 0.1) is 0 Å². The molecule has 0 spiro atoms. The second kappa shape index (κ2) is 8.18. The van der Waals surface area contributed by atoms with E-state index in [2.05, 4.69) is 41.0 Å². The van der Waals surface area contributed by atoms with Crippen molar-refractivity contribution in [3.8, 4) is 5.75 Å². The number of rotatable bonds is 4. The quantitative estimate of drug-likeness (QED) is 0.378. The van der Waals surface area contributed by atoms with Gasteiger partial charge in [0.05, 0.1) is 25.3 Å². The maximum atomic E-state index is 11.7. The Morgan fingerprint density at radius 2 is 2.00 bits per heavy atom. The van der Waals surface area contributed by atoms with E-state index in [4.69, 9.17) is 4.74 Å². The van der Waals surface area contributed by atoms with Gasteiger partial charge in [0.15, 0.2) is 5.17 Å². The standard InChI is InChI=1S/C18H21N3O4S/c1-18(2,3)12-7-6-11(13(8-12)24-4)10-19-21-17-20-16(23)14(26-17)9-15(22)25-5/h6-10H,1-5H3,(H,20,21,23)/b14-9+,19-10?. The summed E-state index contributed by atoms with van der Waals surface area (Å²) in [5, 5.41) is 10.8. The van der Waals surface area contributed by atoms with Crippen molar-refractivity contribution < 1.29 is 19.1 Å². The molecule has 8 heteroatoms. The first-order valence-electron chi connectivity index (χ1n) is 7.83. The van der Waals surface area contributed by atoms with E-state index >= 15 is 0 Å². The Balaban J connectivity index is 2.16. The van der Waals surface area contributed by atoms with Crippen molar-refractivity contribution in [3.05, 3.63) is 40.3 Å². The highest BCUT2D eigenvalue weighted by Crippen LogP contribution is 2.28. The van der Waals surface area contributed by atoms with Crippen LogP contribution in [0.4, 0.5) is 0 Å². The van der Waals surface area contributed by atoms with Crippen LogP contribution in [0.2, 0.25) is 0 Å². The maximum Gasteiger partial charge on any atom is 0.331 e. The summed E-state index contributed by atoms with van der Waals surface area (Å²) in [5.74, 6) is -0.326. The van der Waals surface area contributed by atoms with Gasteiger partial charge in [-0.05, 0) is 34.9 Å². The van der Waals surface area contributed by atoms with E-state index in [1.54, 1.807) is 13.3 Å². The third-order valence-corrected chi connectivity index (χ3v) is 4.45. The zero-order valence-electron chi connectivity index (χ0n) is 15.3. The van der Waals surface area contributed by atoms with Gasteiger partial charge in [-0.25, -0.2) is 4.79 Å². The molecule has 26 heavy (non-hydrogen) atoms. The summed E-state index contributed by atoms with van der Waals surface area (Å²) in [6.45, 7) is 6.38. The van der Waals surface area contributed by atoms with Gasteiger partial charge in [0.25, 0.3) is 5.91 Å². The summed E-state index contributed by atoms with van der Waals surface area (Å²) in [7, 11) is 2.84. The molecule has 0 aromatic heterocycles. The van der Waals surface area contributed by atoms with Crippen molar-refractivity contribution in [2.75, 3.05) is 14.2 Å². The minimum absolute atomic E-state index is 0.0102. The molecule has 138 valence electrons. The zero-order valence-corrected chi connectivity index (χ0v) is 16.1. The second-order valence-corrected chi connectivity index (χ2v) is 7.48. The molecule has 0 radical (unpaired) electrons. The van der Waals surface area contributed by atoms with E-state index in [1.807, 2.05) is 18.2 Å². The first-order valence-corrected chi connectivity index (χ1v) is 8.64. The highest BCUT2D eigenvalue weighted by atomic mass is 32.2. The van der Waals surface area contributed by atoms with Crippen molar-refractivity contribution in [1.29, 1.82) is 0 Å². The number of esters is 1. The largest absolute Gasteiger partial charge is 0.496 e. The van der Waals surface area contributed by atoms with Crippen LogP contribution in [-0.2, 0) is 19.7 Å². The van der Waals surface area contributed by atoms with E-state index in [-0.39, 0.29) is 15.5 Å². The van der Waals surface area contributed by atoms with Crippen molar-refractivity contribution in [1.82, 2.24) is 5.32 Å². The van der Waals surface area contributed by atoms with Crippen molar-refractivity contribution in [3.63, 3.8) is 0 Å². The van der Waals surface area contributed by atoms with Crippen LogP contribution < -0.4 is 10.1 Å². The zero-order chi connectivity index (χ0) is 19.3. The first-order chi connectivity index (χ1) is 12.2. The first kappa shape index (κ1) is 19.7. The average Bonchev–Trinajstić information content (AvgIpc) is 2.93. The molecule has 1 amide bonds. The van der Waals surface area contributed by atoms with Gasteiger partial charge >= 0.3 is 5.97 Å². The Labute approximate surface area is 156 Å². The van der Waals surface area contributed by atoms with E-state index in [1.165, 1.54) is 7.11 Å². The van der Waals surface area contributed by atoms with Crippen molar-refractivity contribution in [2.24, 2.45) is 10.2 Å². The predicted octanol–water partition coefficient (Wildman–Crippen LogP) is 2.60. The highest BCUT2D eigenvalue weighted by molar-refractivity contribution is 8.18. The van der Waals surface area contributed by atoms with Crippen LogP contribution in [0.5, 0.6) is 5.75 Å². The molecule has 0 aliphatic carbocycles. The fourth-order valence-electron chi connectivity index (χ4n) is 2.07. The monoisotopic (exact) mass is 375 g/mol. The van der Waals surface area contributed by atoms with Gasteiger partial charge in [-0.2, -0.15) is 5.10 Å². The molecule has 0 unspecified atom stereocenters. The number of hydrogen-bond donors (Lipinski definition) is 1. The lowest BCUT2D eigenvalue weighted by atomic mass is 9.86. The maximum absolute atomic E-state index is 11.7. The molecule has 1 aromatic carbocycles. The minimum atomic E-state index is -0.601. The van der Waals surface area contributed by atoms with Gasteiger partial charge in [0.2, 0.25) is 0 Å². The molecule has 7 nitrogen and oxygen atoms in total. The number of ether oxygens (including phenoxy) is 2. The number of benzene rings is 1. The van der Waals surface area contributed by atoms with Gasteiger partial charge in [0.1, 0.15) is 5.75 Å². The molecule has 1 fully saturated rings. The molecule has 1 saturated heterocycles. The summed E-state index contributed by atoms with van der Waals surface area (Å²) in [6, 6.07) is 5.89. The smallest absolute Gasteiger partial charge is 0.331 e. The molecule has 0 atom stereocenters. The molecule has 2 rings (SSSR count). The van der Waals surface area contributed by atoms with Crippen LogP contribution in [0.1, 0.15) is 31.9 Å². The number of carbonyl (C=O) groups is 2. The third kappa shape index (κ3) is 4.95. The highest BCUT2D eigenvalue weighted by Gasteiger charge is 2.25. The average molecular weight is 375 g/mol. The summed E-state index contributed by atoms with van der Waals surface area (Å²) in [6.07, 6.45) is 2.66. The molecule has 0 saturated carbocycles. The second-order valence-electron chi connectivity index (χ2n) is 6.44. The van der Waals surface area contributed by atoms with E-state index < -0.39 is 11.9 Å². The Hall–Kier alpha value is -2.61. The molecule has 1 heterocycles. The number of thioether (sulfide) groups is 1. The van der Waals surface area contributed by atoms with Crippen LogP contribution >= 0.6 is 11.8 Å². The molecule has 1 aromatic rings. The number of nitrogens with one attached hydrogen (secondary N) is 1. The third-order valence-electron chi connectivity index (χ3n) is 3.55. The molecular formula is C18H21N3O4S. The lowest BCUT2D eigenvalue weighted by molar-refractivity contribution is -0.135. The fourth-order valence-corrected chi connectivity index (χ4v) is 2.81. The van der Waals surface area contributed by atoms with Gasteiger partial charge in [-0.3, -0.25) is 10.1 Å². The number of methoxy groups -OCH3 is 2. The Kier molecular flexibility index (Phi) is 6.20. The van der Waals surface area contributed by atoms with Crippen molar-refractivity contribution in [2.45, 2.75) is 26.2 Å². The molecule has 1 aliphatic rings. The van der Waals surface area contributed by atoms with Gasteiger partial charge in [0, 0.05) is 11.6 Å². The summed E-state index contributed by atoms with van der Waals surface area (Å²) in [5.41, 5.74) is 1.93. The number of amidine groups is 1. The minimum Gasteiger partial charge on any atom is -0.496 e. The van der Waals surface area contributed by atoms with Crippen LogP contribution in [-0.4, -0.2) is 37.5 Å². The topological polar surface area (TPSA) is 89.3 Å². The number of hydrogen-bond acceptors (Lipinski definition) is 7. The van der Waals surface area contributed by atoms with E-state index in [0.29, 0.717) is 5.75 Å². The van der Waals surface area contributed by atoms with Crippen molar-refractivity contribution >= 4 is 35.0 Å². The molecule has 1 aliphatic heterocycles. The normalized spacial score (nSPS) is 17.8. The van der Waals surface area contributed by atoms with Gasteiger partial charge < -0.3 is 9.47 Å². The van der Waals surface area contributed by atoms with Gasteiger partial charge in [-0.1, -0.05) is 26.8 Å². The SMILES string of the molecule is COC(=O)/C=C1/S/C(=N\N=Cc2ccc(C(C)(C)C)cc2OC)NC1=O. The Bertz CT molecular complexity index is 807. The number of carbonyl (C=O) groups excluding carboxylic acids is 2. The van der Waals surface area contributed by atoms with Crippen LogP contribution in [0.3, 0.4) is 0 Å². The molecule has 1 N–H and O–H groups in total. The summed E-state index contributed by atoms with van der Waals surface area (Å²) >= 11 is 1.02. The van der Waals surface area contributed by atoms with Gasteiger partial charge in [-0.15, -0.1) is 5.10 Å². The van der Waals surface area contributed by atoms with E-state index in [0.717, 1.165) is 29.0 Å². The number of nitrogens with zero attached hydrogens (tertiary/aromatic N) is 2. The number of amides is 1. The Morgan fingerprint density at radius 1 is 1.27 bits per heavy atom. The predicted molar refractivity (Wildman–Crippen MR) is 103 cm³/mol. The molecular weight excluding hydrogens is 354 g/mol. The summed E-state index contributed by atoms with van der Waals surface area (Å²) in [4.78, 5) is 23.2. The summed E-state index contributed by atoms with van der Waals surface area (Å²) < 4.78 is 9.92. The lowest BCUT2D eigenvalue weighted by Gasteiger charge is -2.20. The fraction of sp³-hybridized carbons (Fsp3) is 0.333. The van der Waals surface area contributed by atoms with Crippen LogP contribution in [0.15, 0.2) is 39.4 Å². The van der Waals surface area contributed by atoms with Crippen LogP contribution in [0.25, 0.3) is 0 Å².